The molecule has 136 valence electrons. The van der Waals surface area contributed by atoms with Crippen molar-refractivity contribution in [2.24, 2.45) is 0 Å². The quantitative estimate of drug-likeness (QED) is 0.700. The van der Waals surface area contributed by atoms with Gasteiger partial charge in [-0.3, -0.25) is 4.57 Å². The number of benzene rings is 1. The largest absolute Gasteiger partial charge is 0.364 e. The molecule has 3 aromatic rings. The molecule has 0 saturated carbocycles. The van der Waals surface area contributed by atoms with Crippen LogP contribution < -0.4 is 4.90 Å². The molecule has 3 heterocycles. The number of nitrogens with one attached hydrogen (secondary N) is 1. The third kappa shape index (κ3) is 3.53. The van der Waals surface area contributed by atoms with Crippen molar-refractivity contribution < 1.29 is 9.64 Å². The van der Waals surface area contributed by atoms with Crippen molar-refractivity contribution >= 4 is 23.6 Å². The molecule has 1 aromatic carbocycles. The highest BCUT2D eigenvalue weighted by molar-refractivity contribution is 7.71. The number of quaternary nitrogens is 1. The molecular weight excluding hydrogens is 364 g/mol. The minimum absolute atomic E-state index is 0.260. The van der Waals surface area contributed by atoms with Crippen LogP contribution in [-0.2, 0) is 11.4 Å². The molecule has 1 saturated heterocycles. The van der Waals surface area contributed by atoms with Crippen LogP contribution in [0.3, 0.4) is 0 Å². The first-order chi connectivity index (χ1) is 12.6. The average molecular weight is 388 g/mol. The molecule has 1 aliphatic rings. The van der Waals surface area contributed by atoms with Crippen molar-refractivity contribution in [3.63, 3.8) is 0 Å². The summed E-state index contributed by atoms with van der Waals surface area (Å²) in [5.41, 5.74) is 1.05. The Bertz CT molecular complexity index is 907. The Labute approximate surface area is 162 Å². The summed E-state index contributed by atoms with van der Waals surface area (Å²) in [4.78, 5) is 2.57. The number of hydrogen-bond donors (Lipinski definition) is 1. The van der Waals surface area contributed by atoms with Gasteiger partial charge in [-0.25, -0.2) is 0 Å². The molecule has 7 heteroatoms. The molecule has 4 rings (SSSR count). The summed E-state index contributed by atoms with van der Waals surface area (Å²) in [6.45, 7) is 6.97. The lowest BCUT2D eigenvalue weighted by Gasteiger charge is -2.32. The van der Waals surface area contributed by atoms with E-state index in [1.54, 1.807) is 11.3 Å². The zero-order valence-electron chi connectivity index (χ0n) is 15.0. The molecule has 0 amide bonds. The van der Waals surface area contributed by atoms with Crippen molar-refractivity contribution in [1.29, 1.82) is 0 Å². The first-order valence-electron chi connectivity index (χ1n) is 8.90. The lowest BCUT2D eigenvalue weighted by Crippen LogP contribution is -3.14. The topological polar surface area (TPSA) is 36.4 Å². The van der Waals surface area contributed by atoms with Gasteiger partial charge in [-0.2, -0.15) is 4.68 Å². The molecule has 0 spiro atoms. The molecule has 2 aromatic heterocycles. The monoisotopic (exact) mass is 387 g/mol. The average Bonchev–Trinajstić information content (AvgIpc) is 3.24. The van der Waals surface area contributed by atoms with E-state index < -0.39 is 0 Å². The van der Waals surface area contributed by atoms with Gasteiger partial charge in [0.05, 0.1) is 10.6 Å². The first-order valence-corrected chi connectivity index (χ1v) is 10.2. The molecule has 0 radical (unpaired) electrons. The Morgan fingerprint density at radius 1 is 1.15 bits per heavy atom. The zero-order valence-corrected chi connectivity index (χ0v) is 16.6. The van der Waals surface area contributed by atoms with Crippen LogP contribution in [0.2, 0.25) is 0 Å². The number of nitrogens with zero attached hydrogens (tertiary/aromatic N) is 3. The highest BCUT2D eigenvalue weighted by Gasteiger charge is 2.27. The number of para-hydroxylation sites is 1. The minimum Gasteiger partial charge on any atom is -0.364 e. The summed E-state index contributed by atoms with van der Waals surface area (Å²) in [7, 11) is 0. The third-order valence-electron chi connectivity index (χ3n) is 4.59. The zero-order chi connectivity index (χ0) is 18.1. The van der Waals surface area contributed by atoms with E-state index in [0.29, 0.717) is 0 Å². The van der Waals surface area contributed by atoms with E-state index in [2.05, 4.69) is 42.0 Å². The molecular formula is C19H23N4OS2+. The molecule has 1 N–H and O–H groups in total. The summed E-state index contributed by atoms with van der Waals surface area (Å²) < 4.78 is 10.6. The smallest absolute Gasteiger partial charge is 0.207 e. The van der Waals surface area contributed by atoms with Gasteiger partial charge in [-0.05, 0) is 49.6 Å². The maximum Gasteiger partial charge on any atom is 0.207 e. The van der Waals surface area contributed by atoms with Gasteiger partial charge in [0.1, 0.15) is 25.3 Å². The molecule has 0 bridgehead atoms. The number of aromatic nitrogens is 3. The van der Waals surface area contributed by atoms with Gasteiger partial charge in [0.15, 0.2) is 12.5 Å². The lowest BCUT2D eigenvalue weighted by molar-refractivity contribution is -0.937. The highest BCUT2D eigenvalue weighted by Crippen LogP contribution is 2.26. The Balaban J connectivity index is 1.74. The molecule has 1 fully saturated rings. The van der Waals surface area contributed by atoms with Crippen molar-refractivity contribution in [2.45, 2.75) is 32.7 Å². The number of hydrogen-bond acceptors (Lipinski definition) is 4. The molecule has 26 heavy (non-hydrogen) atoms. The summed E-state index contributed by atoms with van der Waals surface area (Å²) >= 11 is 7.50. The summed E-state index contributed by atoms with van der Waals surface area (Å²) in [6, 6.07) is 14.4. The molecule has 0 unspecified atom stereocenters. The summed E-state index contributed by atoms with van der Waals surface area (Å²) in [6.07, 6.45) is 0.520. The molecule has 0 aliphatic carbocycles. The van der Waals surface area contributed by atoms with Crippen LogP contribution in [-0.4, -0.2) is 39.6 Å². The normalized spacial score (nSPS) is 23.2. The number of morpholine rings is 1. The van der Waals surface area contributed by atoms with Gasteiger partial charge >= 0.3 is 0 Å². The van der Waals surface area contributed by atoms with Crippen molar-refractivity contribution in [2.75, 3.05) is 13.1 Å². The van der Waals surface area contributed by atoms with Crippen LogP contribution >= 0.6 is 23.6 Å². The van der Waals surface area contributed by atoms with E-state index >= 15 is 0 Å². The van der Waals surface area contributed by atoms with Crippen molar-refractivity contribution in [3.8, 4) is 16.4 Å². The van der Waals surface area contributed by atoms with Gasteiger partial charge in [0.25, 0.3) is 0 Å². The van der Waals surface area contributed by atoms with Crippen LogP contribution in [0.5, 0.6) is 0 Å². The predicted molar refractivity (Wildman–Crippen MR) is 106 cm³/mol. The van der Waals surface area contributed by atoms with Gasteiger partial charge in [-0.15, -0.1) is 16.4 Å². The third-order valence-corrected chi connectivity index (χ3v) is 5.84. The minimum atomic E-state index is 0.260. The fourth-order valence-electron chi connectivity index (χ4n) is 3.62. The van der Waals surface area contributed by atoms with Gasteiger partial charge in [-0.1, -0.05) is 24.3 Å². The van der Waals surface area contributed by atoms with E-state index in [1.165, 1.54) is 4.90 Å². The second-order valence-corrected chi connectivity index (χ2v) is 8.14. The van der Waals surface area contributed by atoms with Gasteiger partial charge in [0, 0.05) is 0 Å². The number of rotatable bonds is 4. The Hall–Kier alpha value is -1.80. The molecule has 5 nitrogen and oxygen atoms in total. The maximum atomic E-state index is 5.86. The van der Waals surface area contributed by atoms with Crippen LogP contribution in [0.25, 0.3) is 16.4 Å². The van der Waals surface area contributed by atoms with Crippen molar-refractivity contribution in [3.05, 3.63) is 52.6 Å². The maximum absolute atomic E-state index is 5.86. The van der Waals surface area contributed by atoms with E-state index in [0.717, 1.165) is 40.9 Å². The van der Waals surface area contributed by atoms with Crippen LogP contribution in [0.1, 0.15) is 13.8 Å². The van der Waals surface area contributed by atoms with Crippen LogP contribution in [0, 0.1) is 4.77 Å². The Morgan fingerprint density at radius 3 is 2.54 bits per heavy atom. The predicted octanol–water partition coefficient (Wildman–Crippen LogP) is 2.78. The summed E-state index contributed by atoms with van der Waals surface area (Å²) in [5, 5.41) is 6.97. The highest BCUT2D eigenvalue weighted by atomic mass is 32.1. The van der Waals surface area contributed by atoms with E-state index in [9.17, 15) is 0 Å². The van der Waals surface area contributed by atoms with Crippen LogP contribution in [0.15, 0.2) is 47.8 Å². The van der Waals surface area contributed by atoms with E-state index in [1.807, 2.05) is 28.9 Å². The number of ether oxygens (including phenoxy) is 1. The fourth-order valence-corrected chi connectivity index (χ4v) is 4.61. The number of thiophene rings is 1. The standard InChI is InChI=1S/C19H22N4OS2/c1-14-11-21(12-15(2)24-14)13-22-19(25)23(16-7-4-3-5-8-16)18(20-22)17-9-6-10-26-17/h3-10,14-15H,11-13H2,1-2H3/p+1/t14-,15-/m0/s1. The molecule has 1 aliphatic heterocycles. The molecule has 2 atom stereocenters. The van der Waals surface area contributed by atoms with E-state index in [4.69, 9.17) is 22.1 Å². The summed E-state index contributed by atoms with van der Waals surface area (Å²) in [5.74, 6) is 0.907. The van der Waals surface area contributed by atoms with Crippen molar-refractivity contribution in [1.82, 2.24) is 14.3 Å². The SMILES string of the molecule is C[C@H]1C[NH+](Cn2nc(-c3cccs3)n(-c3ccccc3)c2=S)C[C@H](C)O1. The Morgan fingerprint density at radius 2 is 1.88 bits per heavy atom. The second-order valence-electron chi connectivity index (χ2n) is 6.83. The van der Waals surface area contributed by atoms with Crippen LogP contribution in [0.4, 0.5) is 0 Å². The van der Waals surface area contributed by atoms with Gasteiger partial charge in [0.2, 0.25) is 4.77 Å². The van der Waals surface area contributed by atoms with E-state index in [-0.39, 0.29) is 12.2 Å². The first kappa shape index (κ1) is 17.6. The fraction of sp³-hybridized carbons (Fsp3) is 0.368. The lowest BCUT2D eigenvalue weighted by atomic mass is 10.2. The second kappa shape index (κ2) is 7.44. The Kier molecular flexibility index (Phi) is 5.04. The van der Waals surface area contributed by atoms with Gasteiger partial charge < -0.3 is 9.64 Å².